The van der Waals surface area contributed by atoms with E-state index in [4.69, 9.17) is 0 Å². The van der Waals surface area contributed by atoms with Crippen LogP contribution < -0.4 is 5.32 Å². The van der Waals surface area contributed by atoms with Gasteiger partial charge in [-0.25, -0.2) is 0 Å². The fraction of sp³-hybridized carbons (Fsp3) is 0.812. The van der Waals surface area contributed by atoms with Crippen molar-refractivity contribution in [3.63, 3.8) is 0 Å². The summed E-state index contributed by atoms with van der Waals surface area (Å²) in [5.41, 5.74) is 0. The van der Waals surface area contributed by atoms with E-state index in [1.54, 1.807) is 6.92 Å². The first-order valence-corrected chi connectivity index (χ1v) is 8.35. The third-order valence-corrected chi connectivity index (χ3v) is 4.78. The minimum atomic E-state index is 0.0531. The lowest BCUT2D eigenvalue weighted by atomic mass is 9.93. The van der Waals surface area contributed by atoms with E-state index in [1.807, 2.05) is 16.7 Å². The number of carbonyl (C=O) groups is 3. The minimum Gasteiger partial charge on any atom is -0.353 e. The Balaban J connectivity index is 1.76. The van der Waals surface area contributed by atoms with Crippen molar-refractivity contribution < 1.29 is 14.4 Å². The largest absolute Gasteiger partial charge is 0.353 e. The number of nitrogens with one attached hydrogen (secondary N) is 1. The molecule has 0 spiro atoms. The second-order valence-corrected chi connectivity index (χ2v) is 6.30. The molecular weight excluding hydrogens is 282 g/mol. The van der Waals surface area contributed by atoms with Gasteiger partial charge in [-0.05, 0) is 25.7 Å². The van der Waals surface area contributed by atoms with Crippen LogP contribution in [0.3, 0.4) is 0 Å². The zero-order valence-electron chi connectivity index (χ0n) is 13.6. The number of rotatable bonds is 3. The summed E-state index contributed by atoms with van der Waals surface area (Å²) in [6.07, 6.45) is 3.72. The summed E-state index contributed by atoms with van der Waals surface area (Å²) in [5.74, 6) is 0.459. The molecule has 0 atom stereocenters. The first-order valence-electron chi connectivity index (χ1n) is 8.35. The lowest BCUT2D eigenvalue weighted by Gasteiger charge is -2.37. The summed E-state index contributed by atoms with van der Waals surface area (Å²) in [5, 5.41) is 3.00. The van der Waals surface area contributed by atoms with E-state index in [-0.39, 0.29) is 29.7 Å². The molecular formula is C16H27N3O3. The maximum atomic E-state index is 12.5. The van der Waals surface area contributed by atoms with E-state index in [0.717, 1.165) is 38.8 Å². The second-order valence-electron chi connectivity index (χ2n) is 6.30. The van der Waals surface area contributed by atoms with Gasteiger partial charge in [0.25, 0.3) is 0 Å². The molecule has 124 valence electrons. The highest BCUT2D eigenvalue weighted by Gasteiger charge is 2.31. The van der Waals surface area contributed by atoms with Gasteiger partial charge in [-0.1, -0.05) is 6.92 Å². The fourth-order valence-corrected chi connectivity index (χ4v) is 3.27. The Morgan fingerprint density at radius 3 is 2.00 bits per heavy atom. The van der Waals surface area contributed by atoms with E-state index in [0.29, 0.717) is 19.5 Å². The highest BCUT2D eigenvalue weighted by Crippen LogP contribution is 2.22. The van der Waals surface area contributed by atoms with Gasteiger partial charge in [0.1, 0.15) is 0 Å². The first-order chi connectivity index (χ1) is 10.5. The predicted molar refractivity (Wildman–Crippen MR) is 83.0 cm³/mol. The van der Waals surface area contributed by atoms with Crippen molar-refractivity contribution in [2.24, 2.45) is 5.92 Å². The molecule has 6 heteroatoms. The topological polar surface area (TPSA) is 69.7 Å². The summed E-state index contributed by atoms with van der Waals surface area (Å²) < 4.78 is 0. The molecule has 0 bridgehead atoms. The van der Waals surface area contributed by atoms with Crippen molar-refractivity contribution in [2.45, 2.75) is 52.0 Å². The molecule has 0 aromatic rings. The number of piperidine rings is 2. The van der Waals surface area contributed by atoms with Crippen molar-refractivity contribution in [3.8, 4) is 0 Å². The first kappa shape index (κ1) is 16.8. The Hall–Kier alpha value is -1.59. The fourth-order valence-electron chi connectivity index (χ4n) is 3.27. The van der Waals surface area contributed by atoms with Crippen LogP contribution in [0, 0.1) is 5.92 Å². The number of hydrogen-bond donors (Lipinski definition) is 1. The monoisotopic (exact) mass is 309 g/mol. The summed E-state index contributed by atoms with van der Waals surface area (Å²) in [6, 6.07) is 0.205. The van der Waals surface area contributed by atoms with Crippen LogP contribution in [0.1, 0.15) is 46.0 Å². The van der Waals surface area contributed by atoms with Gasteiger partial charge in [-0.3, -0.25) is 14.4 Å². The Labute approximate surface area is 132 Å². The number of nitrogens with zero attached hydrogens (tertiary/aromatic N) is 2. The zero-order valence-corrected chi connectivity index (χ0v) is 13.6. The number of hydrogen-bond acceptors (Lipinski definition) is 3. The lowest BCUT2D eigenvalue weighted by Crippen LogP contribution is -2.49. The van der Waals surface area contributed by atoms with Crippen LogP contribution >= 0.6 is 0 Å². The van der Waals surface area contributed by atoms with Gasteiger partial charge < -0.3 is 15.1 Å². The standard InChI is InChI=1S/C16H27N3O3/c1-3-15(21)17-14-6-10-19(11-7-14)16(22)13-4-8-18(9-5-13)12(2)20/h13-14H,3-11H2,1-2H3,(H,17,21). The molecule has 0 unspecified atom stereocenters. The normalized spacial score (nSPS) is 20.8. The minimum absolute atomic E-state index is 0.0531. The third-order valence-electron chi connectivity index (χ3n) is 4.78. The maximum Gasteiger partial charge on any atom is 0.225 e. The van der Waals surface area contributed by atoms with Crippen LogP contribution in [0.4, 0.5) is 0 Å². The molecule has 0 aromatic heterocycles. The number of amides is 3. The van der Waals surface area contributed by atoms with Crippen LogP contribution in [-0.2, 0) is 14.4 Å². The smallest absolute Gasteiger partial charge is 0.225 e. The quantitative estimate of drug-likeness (QED) is 0.837. The van der Waals surface area contributed by atoms with Crippen LogP contribution in [0.25, 0.3) is 0 Å². The predicted octanol–water partition coefficient (Wildman–Crippen LogP) is 0.762. The summed E-state index contributed by atoms with van der Waals surface area (Å²) in [4.78, 5) is 39.0. The molecule has 2 rings (SSSR count). The maximum absolute atomic E-state index is 12.5. The number of likely N-dealkylation sites (tertiary alicyclic amines) is 2. The molecule has 0 aromatic carbocycles. The van der Waals surface area contributed by atoms with E-state index in [9.17, 15) is 14.4 Å². The van der Waals surface area contributed by atoms with E-state index in [1.165, 1.54) is 0 Å². The average Bonchev–Trinajstić information content (AvgIpc) is 2.55. The van der Waals surface area contributed by atoms with Crippen LogP contribution in [0.5, 0.6) is 0 Å². The van der Waals surface area contributed by atoms with Crippen LogP contribution in [-0.4, -0.2) is 59.7 Å². The van der Waals surface area contributed by atoms with Gasteiger partial charge in [-0.15, -0.1) is 0 Å². The Morgan fingerprint density at radius 1 is 0.955 bits per heavy atom. The molecule has 0 aliphatic carbocycles. The van der Waals surface area contributed by atoms with Crippen LogP contribution in [0.2, 0.25) is 0 Å². The molecule has 2 aliphatic rings. The van der Waals surface area contributed by atoms with E-state index in [2.05, 4.69) is 5.32 Å². The van der Waals surface area contributed by atoms with Gasteiger partial charge >= 0.3 is 0 Å². The van der Waals surface area contributed by atoms with Crippen molar-refractivity contribution in [1.82, 2.24) is 15.1 Å². The average molecular weight is 309 g/mol. The highest BCUT2D eigenvalue weighted by molar-refractivity contribution is 5.80. The van der Waals surface area contributed by atoms with Gasteiger partial charge in [0.2, 0.25) is 17.7 Å². The molecule has 2 aliphatic heterocycles. The summed E-state index contributed by atoms with van der Waals surface area (Å²) in [6.45, 7) is 6.25. The molecule has 2 fully saturated rings. The number of carbonyl (C=O) groups excluding carboxylic acids is 3. The Bertz CT molecular complexity index is 422. The molecule has 22 heavy (non-hydrogen) atoms. The van der Waals surface area contributed by atoms with Gasteiger partial charge in [0, 0.05) is 51.5 Å². The molecule has 0 radical (unpaired) electrons. The van der Waals surface area contributed by atoms with Crippen molar-refractivity contribution >= 4 is 17.7 Å². The van der Waals surface area contributed by atoms with Crippen LogP contribution in [0.15, 0.2) is 0 Å². The van der Waals surface area contributed by atoms with Crippen molar-refractivity contribution in [2.75, 3.05) is 26.2 Å². The SMILES string of the molecule is CCC(=O)NC1CCN(C(=O)C2CCN(C(C)=O)CC2)CC1. The van der Waals surface area contributed by atoms with E-state index < -0.39 is 0 Å². The molecule has 2 saturated heterocycles. The molecule has 0 saturated carbocycles. The molecule has 3 amide bonds. The van der Waals surface area contributed by atoms with Gasteiger partial charge in [0.05, 0.1) is 0 Å². The molecule has 1 N–H and O–H groups in total. The molecule has 6 nitrogen and oxygen atoms in total. The lowest BCUT2D eigenvalue weighted by molar-refractivity contribution is -0.141. The Morgan fingerprint density at radius 2 is 1.50 bits per heavy atom. The summed E-state index contributed by atoms with van der Waals surface area (Å²) in [7, 11) is 0. The van der Waals surface area contributed by atoms with Gasteiger partial charge in [0.15, 0.2) is 0 Å². The highest BCUT2D eigenvalue weighted by atomic mass is 16.2. The second kappa shape index (κ2) is 7.61. The molecule has 2 heterocycles. The van der Waals surface area contributed by atoms with Gasteiger partial charge in [-0.2, -0.15) is 0 Å². The summed E-state index contributed by atoms with van der Waals surface area (Å²) >= 11 is 0. The van der Waals surface area contributed by atoms with Crippen molar-refractivity contribution in [1.29, 1.82) is 0 Å². The zero-order chi connectivity index (χ0) is 16.1. The van der Waals surface area contributed by atoms with E-state index >= 15 is 0 Å². The van der Waals surface area contributed by atoms with Crippen molar-refractivity contribution in [3.05, 3.63) is 0 Å². The Kier molecular flexibility index (Phi) is 5.80. The third kappa shape index (κ3) is 4.21.